The molecule has 0 aliphatic carbocycles. The lowest BCUT2D eigenvalue weighted by molar-refractivity contribution is -0.128. The molecule has 11 nitrogen and oxygen atoms in total. The van der Waals surface area contributed by atoms with Crippen molar-refractivity contribution in [1.82, 2.24) is 29.1 Å². The highest BCUT2D eigenvalue weighted by Crippen LogP contribution is 2.36. The number of fused-ring (bicyclic) bond motifs is 1. The number of likely N-dealkylation sites (tertiary alicyclic amines) is 1. The summed E-state index contributed by atoms with van der Waals surface area (Å²) in [5.41, 5.74) is 7.18. The Morgan fingerprint density at radius 1 is 1.10 bits per heavy atom. The van der Waals surface area contributed by atoms with Gasteiger partial charge in [-0.3, -0.25) is 19.0 Å². The molecule has 4 aromatic rings. The fourth-order valence-corrected chi connectivity index (χ4v) is 7.17. The van der Waals surface area contributed by atoms with Crippen LogP contribution >= 0.6 is 0 Å². The van der Waals surface area contributed by atoms with E-state index in [4.69, 9.17) is 20.2 Å². The topological polar surface area (TPSA) is 125 Å². The number of amides is 1. The predicted molar refractivity (Wildman–Crippen MR) is 183 cm³/mol. The van der Waals surface area contributed by atoms with E-state index in [0.717, 1.165) is 52.2 Å². The lowest BCUT2D eigenvalue weighted by Gasteiger charge is -2.46. The highest BCUT2D eigenvalue weighted by atomic mass is 19.1. The van der Waals surface area contributed by atoms with E-state index in [1.807, 2.05) is 28.7 Å². The number of carbonyl (C=O) groups is 1. The molecule has 3 fully saturated rings. The van der Waals surface area contributed by atoms with E-state index >= 15 is 4.39 Å². The van der Waals surface area contributed by atoms with Gasteiger partial charge in [-0.05, 0) is 57.0 Å². The Labute approximate surface area is 285 Å². The van der Waals surface area contributed by atoms with Crippen LogP contribution in [0.4, 0.5) is 10.2 Å². The van der Waals surface area contributed by atoms with Crippen molar-refractivity contribution in [3.8, 4) is 28.8 Å². The Kier molecular flexibility index (Phi) is 9.07. The average Bonchev–Trinajstić information content (AvgIpc) is 3.48. The van der Waals surface area contributed by atoms with Crippen LogP contribution in [0, 0.1) is 17.1 Å². The zero-order valence-corrected chi connectivity index (χ0v) is 27.9. The van der Waals surface area contributed by atoms with Gasteiger partial charge < -0.3 is 20.1 Å². The van der Waals surface area contributed by atoms with Crippen LogP contribution in [0.25, 0.3) is 16.8 Å². The van der Waals surface area contributed by atoms with Crippen molar-refractivity contribution < 1.29 is 18.7 Å². The zero-order chi connectivity index (χ0) is 34.1. The normalized spacial score (nSPS) is 19.8. The van der Waals surface area contributed by atoms with Crippen LogP contribution in [0.2, 0.25) is 0 Å². The molecular weight excluding hydrogens is 623 g/mol. The van der Waals surface area contributed by atoms with Gasteiger partial charge in [-0.25, -0.2) is 14.4 Å². The first-order chi connectivity index (χ1) is 23.7. The minimum Gasteiger partial charge on any atom is -0.457 e. The Morgan fingerprint density at radius 2 is 1.88 bits per heavy atom. The molecule has 3 aliphatic rings. The van der Waals surface area contributed by atoms with Crippen molar-refractivity contribution >= 4 is 17.2 Å². The third-order valence-electron chi connectivity index (χ3n) is 9.97. The second kappa shape index (κ2) is 13.6. The molecular formula is C37H41FN8O3. The van der Waals surface area contributed by atoms with Gasteiger partial charge in [0.25, 0.3) is 5.91 Å². The van der Waals surface area contributed by atoms with Gasteiger partial charge >= 0.3 is 0 Å². The fourth-order valence-electron chi connectivity index (χ4n) is 7.17. The van der Waals surface area contributed by atoms with E-state index < -0.39 is 11.4 Å². The number of benzene rings is 2. The maximum atomic E-state index is 15.7. The third-order valence-corrected chi connectivity index (χ3v) is 9.97. The summed E-state index contributed by atoms with van der Waals surface area (Å²) in [6.45, 7) is 10.2. The van der Waals surface area contributed by atoms with Gasteiger partial charge in [-0.1, -0.05) is 18.2 Å². The number of nitrogens with zero attached hydrogens (tertiary/aromatic N) is 7. The third kappa shape index (κ3) is 6.62. The van der Waals surface area contributed by atoms with Crippen LogP contribution < -0.4 is 10.5 Å². The highest BCUT2D eigenvalue weighted by molar-refractivity contribution is 5.97. The number of piperidine rings is 1. The molecule has 5 heterocycles. The minimum absolute atomic E-state index is 0.141. The summed E-state index contributed by atoms with van der Waals surface area (Å²) in [4.78, 5) is 29.7. The van der Waals surface area contributed by atoms with Gasteiger partial charge in [-0.15, -0.1) is 0 Å². The monoisotopic (exact) mass is 664 g/mol. The van der Waals surface area contributed by atoms with E-state index in [-0.39, 0.29) is 28.8 Å². The van der Waals surface area contributed by atoms with E-state index in [9.17, 15) is 10.1 Å². The maximum absolute atomic E-state index is 15.7. The second-order valence-corrected chi connectivity index (χ2v) is 13.5. The minimum atomic E-state index is -0.506. The Balaban J connectivity index is 1.11. The van der Waals surface area contributed by atoms with E-state index in [1.165, 1.54) is 6.07 Å². The van der Waals surface area contributed by atoms with Crippen LogP contribution in [-0.4, -0.2) is 99.0 Å². The number of rotatable bonds is 8. The SMILES string of the molecule is CC(C)(C=C(C#N)C(=O)N1CCCC(c2nc(-c3ccc(Oc4ccccc4)cc3F)c3c(N)nccn23)C1)N1CCN(C2COC2)CC1. The number of imidazole rings is 1. The number of nitrogens with two attached hydrogens (primary N) is 1. The first-order valence-electron chi connectivity index (χ1n) is 16.9. The van der Waals surface area contributed by atoms with Crippen LogP contribution in [0.3, 0.4) is 0 Å². The largest absolute Gasteiger partial charge is 0.457 e. The molecule has 12 heteroatoms. The highest BCUT2D eigenvalue weighted by Gasteiger charge is 2.36. The van der Waals surface area contributed by atoms with Crippen molar-refractivity contribution in [1.29, 1.82) is 5.26 Å². The molecule has 2 aromatic carbocycles. The van der Waals surface area contributed by atoms with Gasteiger partial charge in [0.2, 0.25) is 0 Å². The van der Waals surface area contributed by atoms with Crippen LogP contribution in [-0.2, 0) is 9.53 Å². The van der Waals surface area contributed by atoms with Crippen molar-refractivity contribution in [3.63, 3.8) is 0 Å². The molecule has 0 bridgehead atoms. The van der Waals surface area contributed by atoms with Gasteiger partial charge in [0.1, 0.15) is 51.8 Å². The summed E-state index contributed by atoms with van der Waals surface area (Å²) >= 11 is 0. The molecule has 1 atom stereocenters. The van der Waals surface area contributed by atoms with Gasteiger partial charge in [-0.2, -0.15) is 5.26 Å². The maximum Gasteiger partial charge on any atom is 0.264 e. The number of piperazine rings is 1. The lowest BCUT2D eigenvalue weighted by Crippen LogP contribution is -2.59. The summed E-state index contributed by atoms with van der Waals surface area (Å²) in [5.74, 6) is 0.896. The Bertz CT molecular complexity index is 1910. The number of nitrogen functional groups attached to an aromatic ring is 1. The molecule has 0 spiro atoms. The number of hydrogen-bond donors (Lipinski definition) is 1. The standard InChI is InChI=1S/C37H41FN8O3/c1-37(2,45-17-15-43(16-18-45)27-23-48-24-27)20-26(21-39)36(47)44-13-6-7-25(22-44)35-42-32(33-34(40)41-12-14-46(33)35)30-11-10-29(19-31(30)38)49-28-8-4-3-5-9-28/h3-5,8-12,14,19-20,25,27H,6-7,13,15-18,22-24H2,1-2H3,(H2,40,41). The van der Waals surface area contributed by atoms with E-state index in [2.05, 4.69) is 34.7 Å². The first-order valence-corrected chi connectivity index (χ1v) is 16.9. The predicted octanol–water partition coefficient (Wildman–Crippen LogP) is 4.86. The fraction of sp³-hybridized carbons (Fsp3) is 0.405. The van der Waals surface area contributed by atoms with E-state index in [0.29, 0.717) is 47.7 Å². The number of carbonyl (C=O) groups excluding carboxylic acids is 1. The average molecular weight is 665 g/mol. The number of para-hydroxylation sites is 1. The molecule has 3 saturated heterocycles. The van der Waals surface area contributed by atoms with Gasteiger partial charge in [0, 0.05) is 74.7 Å². The van der Waals surface area contributed by atoms with Crippen molar-refractivity contribution in [2.45, 2.75) is 44.2 Å². The summed E-state index contributed by atoms with van der Waals surface area (Å²) in [6, 6.07) is 16.6. The summed E-state index contributed by atoms with van der Waals surface area (Å²) in [7, 11) is 0. The molecule has 2 aromatic heterocycles. The van der Waals surface area contributed by atoms with Crippen LogP contribution in [0.1, 0.15) is 38.4 Å². The Morgan fingerprint density at radius 3 is 2.57 bits per heavy atom. The van der Waals surface area contributed by atoms with Crippen molar-refractivity contribution in [2.24, 2.45) is 0 Å². The molecule has 49 heavy (non-hydrogen) atoms. The zero-order valence-electron chi connectivity index (χ0n) is 27.9. The quantitative estimate of drug-likeness (QED) is 0.208. The van der Waals surface area contributed by atoms with Crippen LogP contribution in [0.5, 0.6) is 11.5 Å². The number of anilines is 1. The Hall–Kier alpha value is -4.83. The molecule has 0 saturated carbocycles. The molecule has 1 unspecified atom stereocenters. The summed E-state index contributed by atoms with van der Waals surface area (Å²) in [6.07, 6.45) is 6.68. The van der Waals surface area contributed by atoms with Crippen LogP contribution in [0.15, 0.2) is 72.6 Å². The number of nitriles is 1. The van der Waals surface area contributed by atoms with Gasteiger partial charge in [0.05, 0.1) is 19.3 Å². The van der Waals surface area contributed by atoms with Crippen molar-refractivity contribution in [3.05, 3.63) is 84.2 Å². The molecule has 0 radical (unpaired) electrons. The number of hydrogen-bond acceptors (Lipinski definition) is 9. The summed E-state index contributed by atoms with van der Waals surface area (Å²) in [5, 5.41) is 10.2. The molecule has 254 valence electrons. The summed E-state index contributed by atoms with van der Waals surface area (Å²) < 4.78 is 28.7. The second-order valence-electron chi connectivity index (χ2n) is 13.5. The lowest BCUT2D eigenvalue weighted by atomic mass is 9.94. The van der Waals surface area contributed by atoms with Gasteiger partial charge in [0.15, 0.2) is 0 Å². The molecule has 2 N–H and O–H groups in total. The number of ether oxygens (including phenoxy) is 2. The van der Waals surface area contributed by atoms with E-state index in [1.54, 1.807) is 41.6 Å². The molecule has 7 rings (SSSR count). The molecule has 1 amide bonds. The van der Waals surface area contributed by atoms with Crippen molar-refractivity contribution in [2.75, 3.05) is 58.2 Å². The molecule has 3 aliphatic heterocycles. The number of aromatic nitrogens is 3. The number of halogens is 1. The smallest absolute Gasteiger partial charge is 0.264 e. The first kappa shape index (κ1) is 32.7.